The van der Waals surface area contributed by atoms with Crippen molar-refractivity contribution in [3.63, 3.8) is 0 Å². The number of fused-ring (bicyclic) bond motifs is 1. The number of rotatable bonds is 10. The van der Waals surface area contributed by atoms with Gasteiger partial charge in [0.15, 0.2) is 5.12 Å². The standard InChI is InChI=1S/C21H26F2NO4PS2/c1-20(2,3)19(26)31-11-9-28-29(27-8-10-30)21(22,23)17-7-6-14-4-5-15(18(24)25)12-16(14)13-17/h4-7,12-13,30H,8-11H2,1-3H3,(H2,24,25). The summed E-state index contributed by atoms with van der Waals surface area (Å²) in [7, 11) is -2.62. The molecule has 1 unspecified atom stereocenters. The van der Waals surface area contributed by atoms with Crippen LogP contribution in [0.2, 0.25) is 0 Å². The Balaban J connectivity index is 2.19. The van der Waals surface area contributed by atoms with Gasteiger partial charge in [0.25, 0.3) is 8.38 Å². The molecule has 0 aliphatic rings. The maximum absolute atomic E-state index is 15.3. The van der Waals surface area contributed by atoms with Crippen LogP contribution in [0.4, 0.5) is 8.78 Å². The monoisotopic (exact) mass is 489 g/mol. The maximum atomic E-state index is 15.3. The van der Waals surface area contributed by atoms with E-state index in [1.165, 1.54) is 18.2 Å². The number of benzene rings is 2. The largest absolute Gasteiger partial charge is 0.366 e. The van der Waals surface area contributed by atoms with Gasteiger partial charge in [0.1, 0.15) is 0 Å². The normalized spacial score (nSPS) is 13.4. The predicted octanol–water partition coefficient (Wildman–Crippen LogP) is 5.57. The van der Waals surface area contributed by atoms with Crippen molar-refractivity contribution in [1.29, 1.82) is 0 Å². The smallest absolute Gasteiger partial charge is 0.339 e. The van der Waals surface area contributed by atoms with E-state index in [1.807, 2.05) is 0 Å². The molecule has 2 aromatic carbocycles. The number of nitrogens with two attached hydrogens (primary N) is 1. The van der Waals surface area contributed by atoms with Gasteiger partial charge in [-0.15, -0.1) is 0 Å². The van der Waals surface area contributed by atoms with Gasteiger partial charge in [0.2, 0.25) is 5.91 Å². The van der Waals surface area contributed by atoms with Gasteiger partial charge < -0.3 is 14.8 Å². The SMILES string of the molecule is CC(C)(C)C(=O)SCCOP(OCCS)C(F)(F)c1ccc2ccc(C(N)=O)cc2c1. The average Bonchev–Trinajstić information content (AvgIpc) is 2.71. The Labute approximate surface area is 191 Å². The van der Waals surface area contributed by atoms with Gasteiger partial charge in [0, 0.05) is 28.0 Å². The van der Waals surface area contributed by atoms with Gasteiger partial charge >= 0.3 is 5.66 Å². The van der Waals surface area contributed by atoms with E-state index in [1.54, 1.807) is 39.0 Å². The Kier molecular flexibility index (Phi) is 9.27. The highest BCUT2D eigenvalue weighted by molar-refractivity contribution is 8.13. The number of hydrogen-bond acceptors (Lipinski definition) is 6. The molecule has 0 aromatic heterocycles. The number of carbonyl (C=O) groups is 2. The molecule has 2 aromatic rings. The van der Waals surface area contributed by atoms with E-state index in [-0.39, 0.29) is 41.0 Å². The summed E-state index contributed by atoms with van der Waals surface area (Å²) >= 11 is 5.07. The molecule has 31 heavy (non-hydrogen) atoms. The van der Waals surface area contributed by atoms with Crippen LogP contribution in [0.3, 0.4) is 0 Å². The Morgan fingerprint density at radius 2 is 1.71 bits per heavy atom. The molecule has 10 heteroatoms. The number of amides is 1. The number of alkyl halides is 2. The van der Waals surface area contributed by atoms with E-state index in [4.69, 9.17) is 14.8 Å². The van der Waals surface area contributed by atoms with Crippen LogP contribution >= 0.6 is 32.8 Å². The fourth-order valence-corrected chi connectivity index (χ4v) is 4.89. The molecule has 0 spiro atoms. The molecule has 0 bridgehead atoms. The van der Waals surface area contributed by atoms with Crippen LogP contribution in [0.15, 0.2) is 36.4 Å². The van der Waals surface area contributed by atoms with Crippen molar-refractivity contribution in [2.75, 3.05) is 24.7 Å². The van der Waals surface area contributed by atoms with Crippen molar-refractivity contribution >= 4 is 54.6 Å². The summed E-state index contributed by atoms with van der Waals surface area (Å²) in [6.07, 6.45) is 0. The number of halogens is 2. The molecular formula is C21H26F2NO4PS2. The van der Waals surface area contributed by atoms with Crippen LogP contribution in [0.25, 0.3) is 10.8 Å². The topological polar surface area (TPSA) is 78.6 Å². The number of thioether (sulfide) groups is 1. The molecular weight excluding hydrogens is 463 g/mol. The molecule has 0 fully saturated rings. The highest BCUT2D eigenvalue weighted by Crippen LogP contribution is 2.60. The zero-order valence-corrected chi connectivity index (χ0v) is 20.2. The number of hydrogen-bond donors (Lipinski definition) is 2. The molecule has 1 amide bonds. The van der Waals surface area contributed by atoms with Gasteiger partial charge in [-0.3, -0.25) is 9.59 Å². The van der Waals surface area contributed by atoms with Gasteiger partial charge in [0.05, 0.1) is 13.2 Å². The van der Waals surface area contributed by atoms with Crippen molar-refractivity contribution < 1.29 is 27.4 Å². The number of carbonyl (C=O) groups excluding carboxylic acids is 2. The second-order valence-corrected chi connectivity index (χ2v) is 10.8. The summed E-state index contributed by atoms with van der Waals surface area (Å²) in [5.41, 5.74) is 1.31. The lowest BCUT2D eigenvalue weighted by Crippen LogP contribution is -2.19. The summed E-state index contributed by atoms with van der Waals surface area (Å²) in [5.74, 6) is -0.131. The van der Waals surface area contributed by atoms with E-state index < -0.39 is 25.4 Å². The Bertz CT molecular complexity index is 937. The van der Waals surface area contributed by atoms with Crippen LogP contribution in [-0.4, -0.2) is 35.7 Å². The highest BCUT2D eigenvalue weighted by Gasteiger charge is 2.45. The van der Waals surface area contributed by atoms with Crippen LogP contribution in [0.1, 0.15) is 36.7 Å². The zero-order valence-electron chi connectivity index (χ0n) is 17.6. The molecule has 170 valence electrons. The third kappa shape index (κ3) is 7.12. The van der Waals surface area contributed by atoms with E-state index in [0.29, 0.717) is 10.8 Å². The molecule has 2 N–H and O–H groups in total. The molecule has 0 aliphatic heterocycles. The second-order valence-electron chi connectivity index (χ2n) is 7.72. The predicted molar refractivity (Wildman–Crippen MR) is 126 cm³/mol. The minimum atomic E-state index is -3.41. The summed E-state index contributed by atoms with van der Waals surface area (Å²) < 4.78 is 41.3. The number of primary amides is 1. The minimum Gasteiger partial charge on any atom is -0.366 e. The molecule has 1 atom stereocenters. The molecule has 0 saturated carbocycles. The molecule has 2 rings (SSSR count). The third-order valence-corrected chi connectivity index (χ3v) is 7.12. The lowest BCUT2D eigenvalue weighted by atomic mass is 10.00. The van der Waals surface area contributed by atoms with E-state index in [0.717, 1.165) is 11.8 Å². The van der Waals surface area contributed by atoms with Gasteiger partial charge in [-0.1, -0.05) is 50.7 Å². The van der Waals surface area contributed by atoms with E-state index >= 15 is 8.78 Å². The van der Waals surface area contributed by atoms with Crippen molar-refractivity contribution in [2.45, 2.75) is 26.4 Å². The van der Waals surface area contributed by atoms with Crippen molar-refractivity contribution in [3.05, 3.63) is 47.5 Å². The zero-order chi connectivity index (χ0) is 23.2. The van der Waals surface area contributed by atoms with Crippen LogP contribution in [0, 0.1) is 5.41 Å². The first-order chi connectivity index (χ1) is 14.5. The third-order valence-electron chi connectivity index (χ3n) is 4.14. The fraction of sp³-hybridized carbons (Fsp3) is 0.429. The molecule has 0 aliphatic carbocycles. The first-order valence-electron chi connectivity index (χ1n) is 9.53. The molecule has 5 nitrogen and oxygen atoms in total. The van der Waals surface area contributed by atoms with Crippen molar-refractivity contribution in [3.8, 4) is 0 Å². The van der Waals surface area contributed by atoms with E-state index in [9.17, 15) is 9.59 Å². The molecule has 0 saturated heterocycles. The molecule has 0 heterocycles. The highest BCUT2D eigenvalue weighted by atomic mass is 32.2. The Hall–Kier alpha value is -1.25. The van der Waals surface area contributed by atoms with Gasteiger partial charge in [-0.2, -0.15) is 21.4 Å². The average molecular weight is 490 g/mol. The summed E-state index contributed by atoms with van der Waals surface area (Å²) in [6, 6.07) is 8.84. The molecule has 0 radical (unpaired) electrons. The van der Waals surface area contributed by atoms with Crippen molar-refractivity contribution in [2.24, 2.45) is 11.1 Å². The lowest BCUT2D eigenvalue weighted by molar-refractivity contribution is -0.117. The number of thiol groups is 1. The van der Waals surface area contributed by atoms with Gasteiger partial charge in [-0.25, -0.2) is 0 Å². The summed E-state index contributed by atoms with van der Waals surface area (Å²) in [4.78, 5) is 23.4. The lowest BCUT2D eigenvalue weighted by Gasteiger charge is -2.26. The van der Waals surface area contributed by atoms with E-state index in [2.05, 4.69) is 12.6 Å². The minimum absolute atomic E-state index is 0.00211. The summed E-state index contributed by atoms with van der Waals surface area (Å²) in [6.45, 7) is 5.33. The first-order valence-corrected chi connectivity index (χ1v) is 12.3. The Morgan fingerprint density at radius 3 is 2.32 bits per heavy atom. The Morgan fingerprint density at radius 1 is 1.06 bits per heavy atom. The second kappa shape index (κ2) is 11.1. The quantitative estimate of drug-likeness (QED) is 0.259. The van der Waals surface area contributed by atoms with Crippen LogP contribution < -0.4 is 5.73 Å². The van der Waals surface area contributed by atoms with Crippen molar-refractivity contribution in [1.82, 2.24) is 0 Å². The van der Waals surface area contributed by atoms with Gasteiger partial charge in [-0.05, 0) is 29.0 Å². The van der Waals surface area contributed by atoms with Crippen LogP contribution in [0.5, 0.6) is 0 Å². The maximum Gasteiger partial charge on any atom is 0.339 e. The fourth-order valence-electron chi connectivity index (χ4n) is 2.49. The summed E-state index contributed by atoms with van der Waals surface area (Å²) in [5, 5.41) is 1.12. The first kappa shape index (κ1) is 26.0. The van der Waals surface area contributed by atoms with Crippen LogP contribution in [-0.2, 0) is 19.5 Å².